The average Bonchev–Trinajstić information content (AvgIpc) is 2.95. The summed E-state index contributed by atoms with van der Waals surface area (Å²) in [4.78, 5) is 49.0. The number of methoxy groups -OCH3 is 1. The molecule has 0 unspecified atom stereocenters. The van der Waals surface area contributed by atoms with Gasteiger partial charge in [-0.25, -0.2) is 9.59 Å². The molecule has 0 spiro atoms. The number of carbonyl (C=O) groups is 3. The third kappa shape index (κ3) is 6.38. The first kappa shape index (κ1) is 31.2. The molecule has 13 heteroatoms. The van der Waals surface area contributed by atoms with Crippen molar-refractivity contribution in [1.29, 1.82) is 0 Å². The second kappa shape index (κ2) is 12.3. The first-order valence-electron chi connectivity index (χ1n) is 13.1. The predicted octanol–water partition coefficient (Wildman–Crippen LogP) is 2.71. The minimum absolute atomic E-state index is 0.0189. The van der Waals surface area contributed by atoms with Gasteiger partial charge in [0.2, 0.25) is 12.2 Å². The molecule has 0 bridgehead atoms. The molecule has 1 aromatic heterocycles. The van der Waals surface area contributed by atoms with Gasteiger partial charge < -0.3 is 44.6 Å². The number of benzene rings is 2. The minimum Gasteiger partial charge on any atom is -0.507 e. The fraction of sp³-hybridized carbons (Fsp3) is 0.333. The summed E-state index contributed by atoms with van der Waals surface area (Å²) in [6.45, 7) is 8.25. The number of ether oxygens (including phenoxy) is 4. The van der Waals surface area contributed by atoms with Crippen molar-refractivity contribution in [2.45, 2.75) is 57.4 Å². The number of rotatable bonds is 9. The number of Topliss-reactive ketones (excluding diaryl/α,β-unsaturated/α-hetero) is 1. The lowest BCUT2D eigenvalue weighted by Gasteiger charge is -2.47. The van der Waals surface area contributed by atoms with E-state index < -0.39 is 65.8 Å². The second-order valence-electron chi connectivity index (χ2n) is 10.4. The monoisotopic (exact) mass is 596 g/mol. The maximum absolute atomic E-state index is 13.0. The van der Waals surface area contributed by atoms with Gasteiger partial charge in [-0.1, -0.05) is 18.7 Å². The molecule has 1 saturated heterocycles. The molecule has 43 heavy (non-hydrogen) atoms. The molecule has 5 N–H and O–H groups in total. The van der Waals surface area contributed by atoms with Crippen molar-refractivity contribution >= 4 is 34.4 Å². The molecule has 13 nitrogen and oxygen atoms in total. The number of aliphatic hydroxyl groups excluding tert-OH is 1. The zero-order chi connectivity index (χ0) is 31.6. The summed E-state index contributed by atoms with van der Waals surface area (Å²) in [7, 11) is 1.37. The second-order valence-corrected chi connectivity index (χ2v) is 10.4. The van der Waals surface area contributed by atoms with E-state index >= 15 is 0 Å². The fourth-order valence-corrected chi connectivity index (χ4v) is 4.98. The van der Waals surface area contributed by atoms with Crippen LogP contribution < -0.4 is 21.4 Å². The largest absolute Gasteiger partial charge is 0.507 e. The van der Waals surface area contributed by atoms with Crippen molar-refractivity contribution in [3.05, 3.63) is 76.2 Å². The lowest BCUT2D eigenvalue weighted by atomic mass is 9.89. The zero-order valence-corrected chi connectivity index (χ0v) is 23.9. The minimum atomic E-state index is -1.52. The smallest absolute Gasteiger partial charge is 0.404 e. The fourth-order valence-electron chi connectivity index (χ4n) is 4.98. The van der Waals surface area contributed by atoms with Gasteiger partial charge in [-0.05, 0) is 51.1 Å². The number of hydrogen-bond donors (Lipinski definition) is 4. The van der Waals surface area contributed by atoms with E-state index in [0.29, 0.717) is 5.69 Å². The standard InChI is InChI=1S/C30H32N2O11/c1-6-21(34)32-16-9-7-8-15(12-16)19(33)13-18-22(35)17-10-11-20(14(2)24(17)41-27(18)37)40-28-23(36)25(42-29(31)38)26(39-5)30(3,4)43-28/h6-12,23,25-26,28,35-36H,1,13H2,2-5H3,(H2,31,38)(H,32,34)/t23-,25+,26-,28-/m1/s1. The van der Waals surface area contributed by atoms with E-state index in [-0.39, 0.29) is 33.4 Å². The predicted molar refractivity (Wildman–Crippen MR) is 153 cm³/mol. The summed E-state index contributed by atoms with van der Waals surface area (Å²) in [5, 5.41) is 24.6. The van der Waals surface area contributed by atoms with Crippen LogP contribution in [0.25, 0.3) is 11.0 Å². The Bertz CT molecular complexity index is 1650. The van der Waals surface area contributed by atoms with E-state index in [1.165, 1.54) is 31.4 Å². The number of primary amides is 1. The maximum atomic E-state index is 13.0. The number of fused-ring (bicyclic) bond motifs is 1. The molecule has 228 valence electrons. The zero-order valence-electron chi connectivity index (χ0n) is 23.9. The Balaban J connectivity index is 1.62. The Morgan fingerprint density at radius 3 is 2.58 bits per heavy atom. The molecule has 2 aromatic carbocycles. The van der Waals surface area contributed by atoms with Gasteiger partial charge in [0.25, 0.3) is 0 Å². The van der Waals surface area contributed by atoms with Crippen LogP contribution in [0.15, 0.2) is 58.3 Å². The van der Waals surface area contributed by atoms with Crippen molar-refractivity contribution < 1.29 is 48.0 Å². The Kier molecular flexibility index (Phi) is 8.90. The van der Waals surface area contributed by atoms with Crippen LogP contribution in [0.4, 0.5) is 10.5 Å². The van der Waals surface area contributed by atoms with Crippen molar-refractivity contribution in [3.63, 3.8) is 0 Å². The maximum Gasteiger partial charge on any atom is 0.404 e. The average molecular weight is 597 g/mol. The number of aliphatic hydroxyl groups is 1. The van der Waals surface area contributed by atoms with Gasteiger partial charge in [0.15, 0.2) is 18.0 Å². The summed E-state index contributed by atoms with van der Waals surface area (Å²) >= 11 is 0. The van der Waals surface area contributed by atoms with Gasteiger partial charge in [-0.3, -0.25) is 9.59 Å². The first-order valence-corrected chi connectivity index (χ1v) is 13.1. The summed E-state index contributed by atoms with van der Waals surface area (Å²) < 4.78 is 27.9. The number of carbonyl (C=O) groups excluding carboxylic acids is 3. The number of amides is 2. The lowest BCUT2D eigenvalue weighted by molar-refractivity contribution is -0.304. The summed E-state index contributed by atoms with van der Waals surface area (Å²) in [6.07, 6.45) is -5.48. The molecule has 0 aliphatic carbocycles. The summed E-state index contributed by atoms with van der Waals surface area (Å²) in [5.74, 6) is -1.27. The Hall–Kier alpha value is -4.72. The molecule has 4 atom stereocenters. The molecule has 1 aliphatic heterocycles. The number of aromatic hydroxyl groups is 1. The lowest BCUT2D eigenvalue weighted by Crippen LogP contribution is -2.65. The van der Waals surface area contributed by atoms with E-state index in [4.69, 9.17) is 29.1 Å². The van der Waals surface area contributed by atoms with E-state index in [0.717, 1.165) is 6.08 Å². The molecule has 2 heterocycles. The van der Waals surface area contributed by atoms with Gasteiger partial charge in [0.1, 0.15) is 23.2 Å². The van der Waals surface area contributed by atoms with Crippen LogP contribution in [0.2, 0.25) is 0 Å². The van der Waals surface area contributed by atoms with Crippen molar-refractivity contribution in [2.75, 3.05) is 12.4 Å². The van der Waals surface area contributed by atoms with Crippen LogP contribution in [-0.2, 0) is 25.4 Å². The van der Waals surface area contributed by atoms with Crippen LogP contribution >= 0.6 is 0 Å². The Morgan fingerprint density at radius 1 is 1.21 bits per heavy atom. The SMILES string of the molecule is C=CC(=O)Nc1cccc(C(=O)Cc2c(O)c3ccc(O[C@@H]4OC(C)(C)[C@H](OC)[C@@H](OC(N)=O)[C@H]4O)c(C)c3oc2=O)c1. The normalized spacial score (nSPS) is 21.1. The summed E-state index contributed by atoms with van der Waals surface area (Å²) in [5.41, 5.74) is 3.72. The number of anilines is 1. The third-order valence-corrected chi connectivity index (χ3v) is 7.08. The molecule has 1 aliphatic rings. The van der Waals surface area contributed by atoms with E-state index in [2.05, 4.69) is 11.9 Å². The third-order valence-electron chi connectivity index (χ3n) is 7.08. The van der Waals surface area contributed by atoms with Crippen molar-refractivity contribution in [2.24, 2.45) is 5.73 Å². The van der Waals surface area contributed by atoms with Crippen LogP contribution in [0.3, 0.4) is 0 Å². The summed E-state index contributed by atoms with van der Waals surface area (Å²) in [6, 6.07) is 8.98. The van der Waals surface area contributed by atoms with Gasteiger partial charge in [-0.2, -0.15) is 0 Å². The number of nitrogens with two attached hydrogens (primary N) is 1. The van der Waals surface area contributed by atoms with Gasteiger partial charge in [0, 0.05) is 30.3 Å². The highest BCUT2D eigenvalue weighted by Crippen LogP contribution is 2.37. The highest BCUT2D eigenvalue weighted by atomic mass is 16.7. The molecular formula is C30H32N2O11. The van der Waals surface area contributed by atoms with Gasteiger partial charge in [-0.15, -0.1) is 0 Å². The van der Waals surface area contributed by atoms with Crippen molar-refractivity contribution in [3.8, 4) is 11.5 Å². The Morgan fingerprint density at radius 2 is 1.93 bits per heavy atom. The molecule has 4 rings (SSSR count). The molecule has 2 amide bonds. The number of nitrogens with one attached hydrogen (secondary N) is 1. The Labute approximate surface area is 245 Å². The van der Waals surface area contributed by atoms with Crippen LogP contribution in [0.5, 0.6) is 11.5 Å². The van der Waals surface area contributed by atoms with Crippen LogP contribution in [0, 0.1) is 6.92 Å². The number of ketones is 1. The molecule has 1 fully saturated rings. The van der Waals surface area contributed by atoms with Crippen LogP contribution in [0.1, 0.15) is 35.3 Å². The van der Waals surface area contributed by atoms with E-state index in [1.54, 1.807) is 32.9 Å². The van der Waals surface area contributed by atoms with Gasteiger partial charge >= 0.3 is 11.7 Å². The van der Waals surface area contributed by atoms with Crippen LogP contribution in [-0.4, -0.2) is 65.3 Å². The van der Waals surface area contributed by atoms with E-state index in [1.807, 2.05) is 0 Å². The number of aryl methyl sites for hydroxylation is 1. The van der Waals surface area contributed by atoms with Crippen molar-refractivity contribution in [1.82, 2.24) is 0 Å². The molecule has 0 radical (unpaired) electrons. The molecule has 3 aromatic rings. The first-order chi connectivity index (χ1) is 20.3. The highest BCUT2D eigenvalue weighted by molar-refractivity contribution is 6.02. The molecular weight excluding hydrogens is 564 g/mol. The van der Waals surface area contributed by atoms with Gasteiger partial charge in [0.05, 0.1) is 16.6 Å². The van der Waals surface area contributed by atoms with E-state index in [9.17, 15) is 29.4 Å². The highest BCUT2D eigenvalue weighted by Gasteiger charge is 2.53. The molecule has 0 saturated carbocycles. The quantitative estimate of drug-likeness (QED) is 0.161. The topological polar surface area (TPSA) is 197 Å². The number of hydrogen-bond acceptors (Lipinski definition) is 11.